The van der Waals surface area contributed by atoms with E-state index in [1.54, 1.807) is 18.2 Å². The Kier molecular flexibility index (Phi) is 5.73. The van der Waals surface area contributed by atoms with Gasteiger partial charge < -0.3 is 5.32 Å². The molecule has 0 saturated heterocycles. The van der Waals surface area contributed by atoms with Crippen LogP contribution in [0.15, 0.2) is 59.5 Å². The summed E-state index contributed by atoms with van der Waals surface area (Å²) >= 11 is 1.34. The first-order chi connectivity index (χ1) is 12.6. The predicted molar refractivity (Wildman–Crippen MR) is 103 cm³/mol. The Morgan fingerprint density at radius 2 is 1.81 bits per heavy atom. The predicted octanol–water partition coefficient (Wildman–Crippen LogP) is 4.75. The van der Waals surface area contributed by atoms with Crippen molar-refractivity contribution in [1.82, 2.24) is 9.78 Å². The fourth-order valence-corrected chi connectivity index (χ4v) is 3.55. The van der Waals surface area contributed by atoms with Gasteiger partial charge >= 0.3 is 0 Å². The van der Waals surface area contributed by atoms with Gasteiger partial charge in [0.1, 0.15) is 5.82 Å². The lowest BCUT2D eigenvalue weighted by molar-refractivity contribution is -0.115. The molecule has 0 saturated carbocycles. The molecule has 2 aromatic carbocycles. The average molecular weight is 369 g/mol. The maximum absolute atomic E-state index is 13.6. The molecule has 1 N–H and O–H groups in total. The number of amides is 1. The van der Waals surface area contributed by atoms with Crippen LogP contribution in [-0.4, -0.2) is 21.4 Å². The summed E-state index contributed by atoms with van der Waals surface area (Å²) in [6.45, 7) is 3.80. The quantitative estimate of drug-likeness (QED) is 0.638. The zero-order valence-corrected chi connectivity index (χ0v) is 15.5. The summed E-state index contributed by atoms with van der Waals surface area (Å²) in [5.41, 5.74) is 3.32. The van der Waals surface area contributed by atoms with Gasteiger partial charge in [0.15, 0.2) is 0 Å². The number of para-hydroxylation sites is 1. The molecule has 0 aliphatic carbocycles. The molecular weight excluding hydrogens is 349 g/mol. The van der Waals surface area contributed by atoms with Gasteiger partial charge in [-0.3, -0.25) is 4.79 Å². The number of nitrogens with zero attached hydrogens (tertiary/aromatic N) is 2. The molecule has 1 heterocycles. The van der Waals surface area contributed by atoms with Crippen LogP contribution in [0, 0.1) is 19.7 Å². The van der Waals surface area contributed by atoms with Gasteiger partial charge in [0.05, 0.1) is 22.8 Å². The number of hydrogen-bond acceptors (Lipinski definition) is 3. The van der Waals surface area contributed by atoms with Crippen molar-refractivity contribution in [3.63, 3.8) is 0 Å². The first-order valence-electron chi connectivity index (χ1n) is 8.35. The highest BCUT2D eigenvalue weighted by molar-refractivity contribution is 7.99. The summed E-state index contributed by atoms with van der Waals surface area (Å²) in [4.78, 5) is 12.8. The van der Waals surface area contributed by atoms with Crippen molar-refractivity contribution < 1.29 is 9.18 Å². The number of rotatable bonds is 6. The van der Waals surface area contributed by atoms with Gasteiger partial charge in [-0.15, -0.1) is 11.8 Å². The molecule has 3 aromatic rings. The summed E-state index contributed by atoms with van der Waals surface area (Å²) in [6, 6.07) is 16.4. The van der Waals surface area contributed by atoms with Crippen LogP contribution in [-0.2, 0) is 4.79 Å². The van der Waals surface area contributed by atoms with Crippen molar-refractivity contribution in [2.24, 2.45) is 0 Å². The van der Waals surface area contributed by atoms with E-state index in [-0.39, 0.29) is 11.7 Å². The monoisotopic (exact) mass is 369 g/mol. The standard InChI is InChI=1S/C20H20FN3OS/c1-14-20(15(2)24(23-14)16-8-4-3-5-9-16)22-19(25)12-13-26-18-11-7-6-10-17(18)21/h3-11H,12-13H2,1-2H3,(H,22,25). The van der Waals surface area contributed by atoms with Crippen molar-refractivity contribution in [1.29, 1.82) is 0 Å². The second-order valence-corrected chi connectivity index (χ2v) is 7.01. The molecule has 0 atom stereocenters. The first kappa shape index (κ1) is 18.2. The fraction of sp³-hybridized carbons (Fsp3) is 0.200. The summed E-state index contributed by atoms with van der Waals surface area (Å²) < 4.78 is 15.4. The van der Waals surface area contributed by atoms with E-state index in [2.05, 4.69) is 10.4 Å². The average Bonchev–Trinajstić information content (AvgIpc) is 2.92. The number of aryl methyl sites for hydroxylation is 1. The van der Waals surface area contributed by atoms with Crippen molar-refractivity contribution in [3.05, 3.63) is 71.8 Å². The van der Waals surface area contributed by atoms with Crippen LogP contribution in [0.4, 0.5) is 10.1 Å². The molecule has 6 heteroatoms. The molecule has 1 amide bonds. The number of carbonyl (C=O) groups excluding carboxylic acids is 1. The lowest BCUT2D eigenvalue weighted by Crippen LogP contribution is -2.13. The SMILES string of the molecule is Cc1nn(-c2ccccc2)c(C)c1NC(=O)CCSc1ccccc1F. The molecule has 0 bridgehead atoms. The zero-order chi connectivity index (χ0) is 18.5. The van der Waals surface area contributed by atoms with Crippen LogP contribution in [0.25, 0.3) is 5.69 Å². The number of halogens is 1. The Morgan fingerprint density at radius 3 is 2.54 bits per heavy atom. The second kappa shape index (κ2) is 8.19. The van der Waals surface area contributed by atoms with E-state index < -0.39 is 0 Å². The van der Waals surface area contributed by atoms with Gasteiger partial charge in [-0.25, -0.2) is 9.07 Å². The summed E-state index contributed by atoms with van der Waals surface area (Å²) in [5, 5.41) is 7.46. The topological polar surface area (TPSA) is 46.9 Å². The van der Waals surface area contributed by atoms with Crippen LogP contribution >= 0.6 is 11.8 Å². The highest BCUT2D eigenvalue weighted by Crippen LogP contribution is 2.24. The summed E-state index contributed by atoms with van der Waals surface area (Å²) in [7, 11) is 0. The third-order valence-electron chi connectivity index (χ3n) is 3.98. The molecule has 0 spiro atoms. The number of anilines is 1. The van der Waals surface area contributed by atoms with E-state index in [0.717, 1.165) is 22.8 Å². The van der Waals surface area contributed by atoms with Crippen LogP contribution in [0.2, 0.25) is 0 Å². The number of hydrogen-bond donors (Lipinski definition) is 1. The van der Waals surface area contributed by atoms with E-state index in [1.165, 1.54) is 17.8 Å². The minimum Gasteiger partial charge on any atom is -0.323 e. The molecule has 0 radical (unpaired) electrons. The highest BCUT2D eigenvalue weighted by atomic mass is 32.2. The lowest BCUT2D eigenvalue weighted by Gasteiger charge is -2.07. The van der Waals surface area contributed by atoms with E-state index in [9.17, 15) is 9.18 Å². The molecule has 0 aliphatic rings. The Balaban J connectivity index is 1.63. The van der Waals surface area contributed by atoms with Crippen LogP contribution in [0.1, 0.15) is 17.8 Å². The zero-order valence-electron chi connectivity index (χ0n) is 14.7. The molecule has 4 nitrogen and oxygen atoms in total. The minimum absolute atomic E-state index is 0.104. The Morgan fingerprint density at radius 1 is 1.12 bits per heavy atom. The maximum Gasteiger partial charge on any atom is 0.225 e. The van der Waals surface area contributed by atoms with E-state index in [4.69, 9.17) is 0 Å². The normalized spacial score (nSPS) is 10.7. The molecule has 1 aromatic heterocycles. The van der Waals surface area contributed by atoms with Crippen molar-refractivity contribution in [2.75, 3.05) is 11.1 Å². The number of benzene rings is 2. The van der Waals surface area contributed by atoms with Gasteiger partial charge in [-0.2, -0.15) is 5.10 Å². The number of aromatic nitrogens is 2. The highest BCUT2D eigenvalue weighted by Gasteiger charge is 2.15. The van der Waals surface area contributed by atoms with Gasteiger partial charge in [-0.05, 0) is 38.1 Å². The maximum atomic E-state index is 13.6. The van der Waals surface area contributed by atoms with Crippen LogP contribution in [0.5, 0.6) is 0 Å². The van der Waals surface area contributed by atoms with Crippen molar-refractivity contribution in [2.45, 2.75) is 25.2 Å². The minimum atomic E-state index is -0.256. The molecular formula is C20H20FN3OS. The van der Waals surface area contributed by atoms with Crippen LogP contribution < -0.4 is 5.32 Å². The van der Waals surface area contributed by atoms with Crippen LogP contribution in [0.3, 0.4) is 0 Å². The van der Waals surface area contributed by atoms with Gasteiger partial charge in [-0.1, -0.05) is 30.3 Å². The smallest absolute Gasteiger partial charge is 0.225 e. The van der Waals surface area contributed by atoms with Gasteiger partial charge in [0, 0.05) is 17.1 Å². The second-order valence-electron chi connectivity index (χ2n) is 5.87. The van der Waals surface area contributed by atoms with Gasteiger partial charge in [0.2, 0.25) is 5.91 Å². The largest absolute Gasteiger partial charge is 0.323 e. The van der Waals surface area contributed by atoms with Crippen molar-refractivity contribution in [3.8, 4) is 5.69 Å². The molecule has 0 fully saturated rings. The Labute approximate surface area is 156 Å². The molecule has 26 heavy (non-hydrogen) atoms. The molecule has 134 valence electrons. The molecule has 0 unspecified atom stereocenters. The molecule has 0 aliphatic heterocycles. The third kappa shape index (κ3) is 4.14. The molecule has 3 rings (SSSR count). The van der Waals surface area contributed by atoms with E-state index >= 15 is 0 Å². The van der Waals surface area contributed by atoms with Crippen molar-refractivity contribution >= 4 is 23.4 Å². The third-order valence-corrected chi connectivity index (χ3v) is 5.03. The Hall–Kier alpha value is -2.60. The summed E-state index contributed by atoms with van der Waals surface area (Å²) in [6.07, 6.45) is 0.300. The number of carbonyl (C=O) groups is 1. The first-order valence-corrected chi connectivity index (χ1v) is 9.33. The van der Waals surface area contributed by atoms with E-state index in [0.29, 0.717) is 17.1 Å². The lowest BCUT2D eigenvalue weighted by atomic mass is 10.3. The number of nitrogens with one attached hydrogen (secondary N) is 1. The van der Waals surface area contributed by atoms with Gasteiger partial charge in [0.25, 0.3) is 0 Å². The fourth-order valence-electron chi connectivity index (χ4n) is 2.66. The Bertz CT molecular complexity index is 909. The van der Waals surface area contributed by atoms with E-state index in [1.807, 2.05) is 48.9 Å². The number of thioether (sulfide) groups is 1. The summed E-state index contributed by atoms with van der Waals surface area (Å²) in [5.74, 6) is 0.152.